The van der Waals surface area contributed by atoms with Crippen LogP contribution in [0.5, 0.6) is 5.75 Å². The quantitative estimate of drug-likeness (QED) is 0.715. The highest BCUT2D eigenvalue weighted by Crippen LogP contribution is 2.37. The predicted molar refractivity (Wildman–Crippen MR) is 49.9 cm³/mol. The summed E-state index contributed by atoms with van der Waals surface area (Å²) in [5.74, 6) is 0.0227. The molecule has 11 heavy (non-hydrogen) atoms. The summed E-state index contributed by atoms with van der Waals surface area (Å²) >= 11 is 12.9. The van der Waals surface area contributed by atoms with Crippen molar-refractivity contribution in [2.45, 2.75) is 4.90 Å². The second kappa shape index (κ2) is 3.57. The van der Waals surface area contributed by atoms with E-state index in [-0.39, 0.29) is 10.8 Å². The van der Waals surface area contributed by atoms with Crippen molar-refractivity contribution in [3.05, 3.63) is 22.2 Å². The summed E-state index contributed by atoms with van der Waals surface area (Å²) < 4.78 is 0. The summed E-state index contributed by atoms with van der Waals surface area (Å²) in [6, 6.07) is 3.26. The maximum Gasteiger partial charge on any atom is 0.135 e. The summed E-state index contributed by atoms with van der Waals surface area (Å²) in [7, 11) is 0. The molecule has 0 bridgehead atoms. The number of aromatic hydroxyl groups is 1. The van der Waals surface area contributed by atoms with Crippen LogP contribution in [0.2, 0.25) is 10.0 Å². The molecule has 0 atom stereocenters. The summed E-state index contributed by atoms with van der Waals surface area (Å²) in [5.41, 5.74) is 0. The highest BCUT2D eigenvalue weighted by molar-refractivity contribution is 7.98. The molecule has 0 saturated carbocycles. The first-order valence-electron chi connectivity index (χ1n) is 2.87. The van der Waals surface area contributed by atoms with E-state index in [4.69, 9.17) is 28.3 Å². The van der Waals surface area contributed by atoms with E-state index in [9.17, 15) is 0 Å². The molecular formula is C7H6Cl2OS. The van der Waals surface area contributed by atoms with Gasteiger partial charge in [-0.2, -0.15) is 0 Å². The van der Waals surface area contributed by atoms with Gasteiger partial charge in [-0.1, -0.05) is 23.2 Å². The molecule has 0 unspecified atom stereocenters. The zero-order valence-electron chi connectivity index (χ0n) is 5.77. The maximum absolute atomic E-state index is 9.09. The summed E-state index contributed by atoms with van der Waals surface area (Å²) in [4.78, 5) is 0.870. The lowest BCUT2D eigenvalue weighted by Crippen LogP contribution is -1.75. The first kappa shape index (κ1) is 9.04. The molecule has 0 fully saturated rings. The SMILES string of the molecule is CSc1ccc(O)c(Cl)c1Cl. The van der Waals surface area contributed by atoms with E-state index in [2.05, 4.69) is 0 Å². The molecule has 0 aliphatic rings. The van der Waals surface area contributed by atoms with E-state index in [1.165, 1.54) is 17.8 Å². The van der Waals surface area contributed by atoms with Gasteiger partial charge in [0.2, 0.25) is 0 Å². The third-order valence-electron chi connectivity index (χ3n) is 1.25. The van der Waals surface area contributed by atoms with Gasteiger partial charge in [0, 0.05) is 4.90 Å². The van der Waals surface area contributed by atoms with Gasteiger partial charge in [0.1, 0.15) is 10.8 Å². The standard InChI is InChI=1S/C7H6Cl2OS/c1-11-5-3-2-4(10)6(8)7(5)9/h2-3,10H,1H3. The third-order valence-corrected chi connectivity index (χ3v) is 3.01. The Hall–Kier alpha value is -0.0500. The number of halogens is 2. The molecular weight excluding hydrogens is 203 g/mol. The number of hydrogen-bond donors (Lipinski definition) is 1. The number of rotatable bonds is 1. The highest BCUT2D eigenvalue weighted by Gasteiger charge is 2.07. The van der Waals surface area contributed by atoms with Crippen molar-refractivity contribution in [1.29, 1.82) is 0 Å². The summed E-state index contributed by atoms with van der Waals surface area (Å²) in [6.45, 7) is 0. The largest absolute Gasteiger partial charge is 0.506 e. The van der Waals surface area contributed by atoms with Crippen molar-refractivity contribution in [1.82, 2.24) is 0 Å². The molecule has 1 aromatic carbocycles. The minimum Gasteiger partial charge on any atom is -0.506 e. The summed E-state index contributed by atoms with van der Waals surface area (Å²) in [6.07, 6.45) is 1.90. The molecule has 60 valence electrons. The van der Waals surface area contributed by atoms with Crippen molar-refractivity contribution in [3.8, 4) is 5.75 Å². The first-order valence-corrected chi connectivity index (χ1v) is 4.86. The van der Waals surface area contributed by atoms with E-state index in [1.807, 2.05) is 6.26 Å². The molecule has 0 spiro atoms. The van der Waals surface area contributed by atoms with Gasteiger partial charge in [-0.25, -0.2) is 0 Å². The Balaban J connectivity index is 3.25. The van der Waals surface area contributed by atoms with E-state index in [0.29, 0.717) is 5.02 Å². The molecule has 0 aliphatic carbocycles. The monoisotopic (exact) mass is 208 g/mol. The number of hydrogen-bond acceptors (Lipinski definition) is 2. The van der Waals surface area contributed by atoms with Crippen molar-refractivity contribution in [2.75, 3.05) is 6.26 Å². The Morgan fingerprint density at radius 3 is 2.45 bits per heavy atom. The van der Waals surface area contributed by atoms with Gasteiger partial charge in [-0.05, 0) is 18.4 Å². The van der Waals surface area contributed by atoms with Gasteiger partial charge >= 0.3 is 0 Å². The second-order valence-corrected chi connectivity index (χ2v) is 3.52. The van der Waals surface area contributed by atoms with Crippen molar-refractivity contribution in [2.24, 2.45) is 0 Å². The van der Waals surface area contributed by atoms with E-state index >= 15 is 0 Å². The van der Waals surface area contributed by atoms with Crippen LogP contribution >= 0.6 is 35.0 Å². The lowest BCUT2D eigenvalue weighted by atomic mass is 10.3. The minimum atomic E-state index is 0.0227. The molecule has 4 heteroatoms. The minimum absolute atomic E-state index is 0.0227. The lowest BCUT2D eigenvalue weighted by Gasteiger charge is -2.03. The van der Waals surface area contributed by atoms with Gasteiger partial charge in [0.25, 0.3) is 0 Å². The molecule has 0 aliphatic heterocycles. The van der Waals surface area contributed by atoms with Gasteiger partial charge in [-0.15, -0.1) is 11.8 Å². The molecule has 1 nitrogen and oxygen atoms in total. The van der Waals surface area contributed by atoms with Gasteiger partial charge in [-0.3, -0.25) is 0 Å². The van der Waals surface area contributed by atoms with Gasteiger partial charge < -0.3 is 5.11 Å². The summed E-state index contributed by atoms with van der Waals surface area (Å²) in [5, 5.41) is 9.73. The molecule has 0 saturated heterocycles. The van der Waals surface area contributed by atoms with Crippen molar-refractivity contribution in [3.63, 3.8) is 0 Å². The number of phenolic OH excluding ortho intramolecular Hbond substituents is 1. The molecule has 0 heterocycles. The predicted octanol–water partition coefficient (Wildman–Crippen LogP) is 3.42. The van der Waals surface area contributed by atoms with Crippen LogP contribution in [0.15, 0.2) is 17.0 Å². The van der Waals surface area contributed by atoms with Crippen molar-refractivity contribution >= 4 is 35.0 Å². The number of benzene rings is 1. The second-order valence-electron chi connectivity index (χ2n) is 1.91. The number of thioether (sulfide) groups is 1. The van der Waals surface area contributed by atoms with E-state index in [1.54, 1.807) is 6.07 Å². The molecule has 1 aromatic rings. The molecule has 0 radical (unpaired) electrons. The molecule has 0 aromatic heterocycles. The zero-order valence-corrected chi connectivity index (χ0v) is 8.09. The highest BCUT2D eigenvalue weighted by atomic mass is 35.5. The average molecular weight is 209 g/mol. The van der Waals surface area contributed by atoms with Crippen LogP contribution in [0.4, 0.5) is 0 Å². The topological polar surface area (TPSA) is 20.2 Å². The van der Waals surface area contributed by atoms with Crippen LogP contribution in [0.25, 0.3) is 0 Å². The average Bonchev–Trinajstić information content (AvgIpc) is 2.01. The van der Waals surface area contributed by atoms with Crippen molar-refractivity contribution < 1.29 is 5.11 Å². The van der Waals surface area contributed by atoms with Gasteiger partial charge in [0.05, 0.1) is 5.02 Å². The van der Waals surface area contributed by atoms with E-state index in [0.717, 1.165) is 4.90 Å². The van der Waals surface area contributed by atoms with Crippen LogP contribution in [0.3, 0.4) is 0 Å². The Morgan fingerprint density at radius 1 is 1.27 bits per heavy atom. The van der Waals surface area contributed by atoms with E-state index < -0.39 is 0 Å². The van der Waals surface area contributed by atoms with Crippen LogP contribution in [0, 0.1) is 0 Å². The van der Waals surface area contributed by atoms with Crippen LogP contribution in [0.1, 0.15) is 0 Å². The van der Waals surface area contributed by atoms with Crippen LogP contribution < -0.4 is 0 Å². The Morgan fingerprint density at radius 2 is 1.91 bits per heavy atom. The molecule has 1 N–H and O–H groups in total. The Labute approximate surface area is 79.3 Å². The fourth-order valence-electron chi connectivity index (χ4n) is 0.679. The Bertz CT molecular complexity index is 275. The smallest absolute Gasteiger partial charge is 0.135 e. The van der Waals surface area contributed by atoms with Crippen LogP contribution in [-0.4, -0.2) is 11.4 Å². The van der Waals surface area contributed by atoms with Crippen LogP contribution in [-0.2, 0) is 0 Å². The normalized spacial score (nSPS) is 10.1. The lowest BCUT2D eigenvalue weighted by molar-refractivity contribution is 0.475. The molecule has 0 amide bonds. The van der Waals surface area contributed by atoms with Gasteiger partial charge in [0.15, 0.2) is 0 Å². The Kier molecular flexibility index (Phi) is 2.93. The number of phenols is 1. The zero-order chi connectivity index (χ0) is 8.43. The first-order chi connectivity index (χ1) is 5.16. The maximum atomic E-state index is 9.09. The fourth-order valence-corrected chi connectivity index (χ4v) is 1.78. The third kappa shape index (κ3) is 1.75. The fraction of sp³-hybridized carbons (Fsp3) is 0.143. The molecule has 1 rings (SSSR count).